The molecule has 3 fully saturated rings. The first-order valence-corrected chi connectivity index (χ1v) is 13.1. The first kappa shape index (κ1) is 26.0. The van der Waals surface area contributed by atoms with E-state index in [0.717, 1.165) is 63.7 Å². The summed E-state index contributed by atoms with van der Waals surface area (Å²) in [5, 5.41) is 19.9. The fraction of sp³-hybridized carbons (Fsp3) is 0.679. The zero-order valence-electron chi connectivity index (χ0n) is 20.4. The highest BCUT2D eigenvalue weighted by molar-refractivity contribution is 5.67. The van der Waals surface area contributed by atoms with Crippen molar-refractivity contribution in [1.82, 2.24) is 0 Å². The van der Waals surface area contributed by atoms with E-state index in [-0.39, 0.29) is 31.0 Å². The second-order valence-electron chi connectivity index (χ2n) is 9.80. The second-order valence-corrected chi connectivity index (χ2v) is 9.80. The van der Waals surface area contributed by atoms with E-state index < -0.39 is 18.0 Å². The highest BCUT2D eigenvalue weighted by Gasteiger charge is 2.44. The molecule has 1 aromatic carbocycles. The van der Waals surface area contributed by atoms with Gasteiger partial charge in [-0.1, -0.05) is 18.1 Å². The summed E-state index contributed by atoms with van der Waals surface area (Å²) in [4.78, 5) is 11.4. The van der Waals surface area contributed by atoms with Crippen LogP contribution in [0.1, 0.15) is 69.8 Å². The quantitative estimate of drug-likeness (QED) is 0.397. The molecule has 2 aliphatic heterocycles. The van der Waals surface area contributed by atoms with Gasteiger partial charge in [-0.3, -0.25) is 4.79 Å². The Hall–Kier alpha value is -2.11. The maximum Gasteiger partial charge on any atom is 0.303 e. The number of aliphatic hydroxyl groups excluding tert-OH is 1. The highest BCUT2D eigenvalue weighted by atomic mass is 16.7. The monoisotopic (exact) mass is 486 g/mol. The molecule has 0 amide bonds. The summed E-state index contributed by atoms with van der Waals surface area (Å²) in [6.45, 7) is 1.43. The van der Waals surface area contributed by atoms with E-state index >= 15 is 0 Å². The Balaban J connectivity index is 1.30. The molecule has 1 aliphatic carbocycles. The molecule has 0 aromatic heterocycles. The Morgan fingerprint density at radius 1 is 1.09 bits per heavy atom. The van der Waals surface area contributed by atoms with Gasteiger partial charge in [0.2, 0.25) is 0 Å². The lowest BCUT2D eigenvalue weighted by Crippen LogP contribution is -2.31. The third-order valence-corrected chi connectivity index (χ3v) is 7.04. The number of carboxylic acid groups (broad SMARTS) is 1. The van der Waals surface area contributed by atoms with Crippen molar-refractivity contribution in [3.63, 3.8) is 0 Å². The van der Waals surface area contributed by atoms with Crippen molar-refractivity contribution in [1.29, 1.82) is 0 Å². The molecule has 6 atom stereocenters. The highest BCUT2D eigenvalue weighted by Crippen LogP contribution is 2.38. The normalized spacial score (nSPS) is 30.9. The summed E-state index contributed by atoms with van der Waals surface area (Å²) in [6, 6.07) is 8.12. The molecule has 2 heterocycles. The van der Waals surface area contributed by atoms with E-state index in [2.05, 4.69) is 24.0 Å². The van der Waals surface area contributed by atoms with Gasteiger partial charge in [-0.25, -0.2) is 0 Å². The first-order valence-electron chi connectivity index (χ1n) is 13.1. The average Bonchev–Trinajstić information content (AvgIpc) is 3.13. The molecule has 2 N–H and O–H groups in total. The van der Waals surface area contributed by atoms with Crippen LogP contribution in [0.4, 0.5) is 0 Å². The summed E-state index contributed by atoms with van der Waals surface area (Å²) in [7, 11) is 0. The molecule has 0 radical (unpaired) electrons. The van der Waals surface area contributed by atoms with Crippen molar-refractivity contribution in [2.45, 2.75) is 95.4 Å². The fourth-order valence-corrected chi connectivity index (χ4v) is 5.19. The van der Waals surface area contributed by atoms with Crippen molar-refractivity contribution < 1.29 is 34.0 Å². The lowest BCUT2D eigenvalue weighted by molar-refractivity contribution is -0.192. The van der Waals surface area contributed by atoms with Gasteiger partial charge in [0.15, 0.2) is 12.6 Å². The van der Waals surface area contributed by atoms with E-state index in [1.165, 1.54) is 5.56 Å². The molecule has 2 saturated heterocycles. The van der Waals surface area contributed by atoms with Crippen LogP contribution in [-0.2, 0) is 25.4 Å². The van der Waals surface area contributed by atoms with Crippen molar-refractivity contribution in [2.24, 2.45) is 11.8 Å². The van der Waals surface area contributed by atoms with Gasteiger partial charge in [0.05, 0.1) is 31.2 Å². The van der Waals surface area contributed by atoms with E-state index in [1.807, 2.05) is 12.1 Å². The number of hydrogen-bond acceptors (Lipinski definition) is 6. The van der Waals surface area contributed by atoms with E-state index in [4.69, 9.17) is 18.9 Å². The third-order valence-electron chi connectivity index (χ3n) is 7.04. The number of aliphatic hydroxyl groups is 1. The van der Waals surface area contributed by atoms with Crippen molar-refractivity contribution in [3.05, 3.63) is 29.8 Å². The van der Waals surface area contributed by atoms with Crippen LogP contribution in [0, 0.1) is 23.7 Å². The Morgan fingerprint density at radius 3 is 2.57 bits per heavy atom. The summed E-state index contributed by atoms with van der Waals surface area (Å²) >= 11 is 0. The number of carbonyl (C=O) groups is 1. The van der Waals surface area contributed by atoms with Gasteiger partial charge in [-0.2, -0.15) is 0 Å². The Labute approximate surface area is 208 Å². The van der Waals surface area contributed by atoms with Gasteiger partial charge in [-0.05, 0) is 62.6 Å². The summed E-state index contributed by atoms with van der Waals surface area (Å²) in [5.74, 6) is 5.69. The van der Waals surface area contributed by atoms with Crippen LogP contribution < -0.4 is 4.74 Å². The molecule has 4 rings (SSSR count). The van der Waals surface area contributed by atoms with E-state index in [1.54, 1.807) is 0 Å². The van der Waals surface area contributed by atoms with Gasteiger partial charge in [0.1, 0.15) is 5.75 Å². The minimum absolute atomic E-state index is 0.108. The molecule has 35 heavy (non-hydrogen) atoms. The topological polar surface area (TPSA) is 94.5 Å². The Kier molecular flexibility index (Phi) is 9.84. The van der Waals surface area contributed by atoms with Crippen LogP contribution in [0.15, 0.2) is 24.3 Å². The lowest BCUT2D eigenvalue weighted by Gasteiger charge is -2.28. The maximum absolute atomic E-state index is 11.4. The average molecular weight is 487 g/mol. The van der Waals surface area contributed by atoms with Gasteiger partial charge in [0, 0.05) is 31.8 Å². The van der Waals surface area contributed by atoms with Crippen molar-refractivity contribution in [3.8, 4) is 17.6 Å². The Bertz CT molecular complexity index is 864. The molecule has 0 spiro atoms. The van der Waals surface area contributed by atoms with Crippen LogP contribution in [-0.4, -0.2) is 54.2 Å². The minimum atomic E-state index is -0.920. The van der Waals surface area contributed by atoms with Crippen molar-refractivity contribution >= 4 is 5.97 Å². The molecule has 192 valence electrons. The van der Waals surface area contributed by atoms with Gasteiger partial charge < -0.3 is 29.2 Å². The largest absolute Gasteiger partial charge is 0.481 e. The fourth-order valence-electron chi connectivity index (χ4n) is 5.19. The molecule has 7 heteroatoms. The third kappa shape index (κ3) is 7.94. The number of unbranched alkanes of at least 4 members (excludes halogenated alkanes) is 1. The number of ether oxygens (including phenoxy) is 4. The minimum Gasteiger partial charge on any atom is -0.481 e. The van der Waals surface area contributed by atoms with Gasteiger partial charge >= 0.3 is 5.97 Å². The van der Waals surface area contributed by atoms with Crippen LogP contribution in [0.2, 0.25) is 0 Å². The number of hydrogen-bond donors (Lipinski definition) is 2. The number of aliphatic carboxylic acids is 1. The number of carboxylic acids is 1. The van der Waals surface area contributed by atoms with Gasteiger partial charge in [0.25, 0.3) is 0 Å². The smallest absolute Gasteiger partial charge is 0.303 e. The zero-order chi connectivity index (χ0) is 24.5. The van der Waals surface area contributed by atoms with E-state index in [9.17, 15) is 15.0 Å². The summed E-state index contributed by atoms with van der Waals surface area (Å²) in [6.07, 6.45) is 7.32. The van der Waals surface area contributed by atoms with Gasteiger partial charge in [-0.15, -0.1) is 5.92 Å². The molecule has 1 saturated carbocycles. The molecule has 7 nitrogen and oxygen atoms in total. The summed E-state index contributed by atoms with van der Waals surface area (Å²) in [5.41, 5.74) is 1.19. The molecule has 3 aliphatic rings. The van der Waals surface area contributed by atoms with E-state index in [0.29, 0.717) is 19.4 Å². The van der Waals surface area contributed by atoms with Crippen LogP contribution in [0.25, 0.3) is 0 Å². The van der Waals surface area contributed by atoms with Crippen LogP contribution in [0.3, 0.4) is 0 Å². The lowest BCUT2D eigenvalue weighted by atomic mass is 9.91. The molecular formula is C28H38O7. The maximum atomic E-state index is 11.4. The SMILES string of the molecule is O=C(O)CC1C(O)CC(OC2CCCCO2)C1C#CCCCc1cccc(OC2CCCCO2)c1. The number of benzene rings is 1. The second kappa shape index (κ2) is 13.3. The molecule has 6 unspecified atom stereocenters. The molecule has 0 bridgehead atoms. The standard InChI is InChI=1S/C28H38O7/c29-24-19-25(35-28-14-5-7-16-33-28)22(23(24)18-26(30)31)12-3-1-2-9-20-10-8-11-21(17-20)34-27-13-4-6-15-32-27/h8,10-11,17,22-25,27-29H,1-2,4-7,9,13-16,18-19H2,(H,30,31). The molecular weight excluding hydrogens is 448 g/mol. The van der Waals surface area contributed by atoms with Crippen molar-refractivity contribution in [2.75, 3.05) is 13.2 Å². The summed E-state index contributed by atoms with van der Waals surface area (Å²) < 4.78 is 23.5. The van der Waals surface area contributed by atoms with Crippen LogP contribution in [0.5, 0.6) is 5.75 Å². The van der Waals surface area contributed by atoms with Crippen LogP contribution >= 0.6 is 0 Å². The predicted octanol–water partition coefficient (Wildman–Crippen LogP) is 4.30. The molecule has 1 aromatic rings. The predicted molar refractivity (Wildman–Crippen MR) is 130 cm³/mol. The Morgan fingerprint density at radius 2 is 1.86 bits per heavy atom. The number of aryl methyl sites for hydroxylation is 1. The number of rotatable bonds is 9. The zero-order valence-corrected chi connectivity index (χ0v) is 20.4. The first-order chi connectivity index (χ1) is 17.1.